The lowest BCUT2D eigenvalue weighted by atomic mass is 10.1. The molecule has 0 bridgehead atoms. The normalized spacial score (nSPS) is 11.2. The summed E-state index contributed by atoms with van der Waals surface area (Å²) in [6, 6.07) is 6.16. The molecule has 0 aromatic heterocycles. The Bertz CT molecular complexity index is 424. The molecule has 0 atom stereocenters. The van der Waals surface area contributed by atoms with E-state index in [1.807, 2.05) is 26.8 Å². The maximum atomic E-state index is 11.5. The van der Waals surface area contributed by atoms with Crippen molar-refractivity contribution in [3.05, 3.63) is 33.8 Å². The van der Waals surface area contributed by atoms with Crippen molar-refractivity contribution in [1.29, 1.82) is 0 Å². The van der Waals surface area contributed by atoms with E-state index in [0.717, 1.165) is 16.5 Å². The SMILES string of the molecule is CCc1ccc(Br)c(CNC(=O)OC(C)(C)C)c1. The van der Waals surface area contributed by atoms with Gasteiger partial charge in [0.1, 0.15) is 5.60 Å². The largest absolute Gasteiger partial charge is 0.444 e. The summed E-state index contributed by atoms with van der Waals surface area (Å²) in [7, 11) is 0. The topological polar surface area (TPSA) is 38.3 Å². The fourth-order valence-electron chi connectivity index (χ4n) is 1.47. The third kappa shape index (κ3) is 5.08. The Morgan fingerprint density at radius 2 is 2.06 bits per heavy atom. The molecular formula is C14H20BrNO2. The fourth-order valence-corrected chi connectivity index (χ4v) is 1.85. The molecule has 0 radical (unpaired) electrons. The minimum absolute atomic E-state index is 0.392. The number of hydrogen-bond acceptors (Lipinski definition) is 2. The van der Waals surface area contributed by atoms with E-state index < -0.39 is 11.7 Å². The highest BCUT2D eigenvalue weighted by Gasteiger charge is 2.15. The van der Waals surface area contributed by atoms with E-state index in [0.29, 0.717) is 6.54 Å². The lowest BCUT2D eigenvalue weighted by molar-refractivity contribution is 0.0523. The molecule has 1 aromatic carbocycles. The van der Waals surface area contributed by atoms with Gasteiger partial charge in [0.2, 0.25) is 0 Å². The van der Waals surface area contributed by atoms with Gasteiger partial charge in [-0.25, -0.2) is 4.79 Å². The molecule has 1 aromatic rings. The van der Waals surface area contributed by atoms with Crippen LogP contribution in [-0.2, 0) is 17.7 Å². The van der Waals surface area contributed by atoms with Crippen LogP contribution in [0.25, 0.3) is 0 Å². The third-order valence-electron chi connectivity index (χ3n) is 2.34. The number of alkyl carbamates (subject to hydrolysis) is 1. The zero-order valence-electron chi connectivity index (χ0n) is 11.3. The minimum atomic E-state index is -0.466. The number of ether oxygens (including phenoxy) is 1. The average Bonchev–Trinajstić information content (AvgIpc) is 2.25. The number of aryl methyl sites for hydroxylation is 1. The maximum Gasteiger partial charge on any atom is 0.407 e. The molecule has 0 aliphatic heterocycles. The molecule has 0 aliphatic rings. The number of benzene rings is 1. The summed E-state index contributed by atoms with van der Waals surface area (Å²) in [5.41, 5.74) is 1.84. The molecule has 3 nitrogen and oxygen atoms in total. The van der Waals surface area contributed by atoms with E-state index in [1.54, 1.807) is 0 Å². The predicted octanol–water partition coefficient (Wildman–Crippen LogP) is 4.04. The first kappa shape index (κ1) is 15.0. The number of amides is 1. The van der Waals surface area contributed by atoms with Gasteiger partial charge in [0.25, 0.3) is 0 Å². The molecule has 1 N–H and O–H groups in total. The quantitative estimate of drug-likeness (QED) is 0.914. The molecule has 1 amide bonds. The van der Waals surface area contributed by atoms with Crippen molar-refractivity contribution in [2.75, 3.05) is 0 Å². The zero-order valence-corrected chi connectivity index (χ0v) is 12.9. The van der Waals surface area contributed by atoms with E-state index in [-0.39, 0.29) is 0 Å². The summed E-state index contributed by atoms with van der Waals surface area (Å²) in [6.45, 7) is 8.11. The highest BCUT2D eigenvalue weighted by molar-refractivity contribution is 9.10. The van der Waals surface area contributed by atoms with Crippen molar-refractivity contribution < 1.29 is 9.53 Å². The lowest BCUT2D eigenvalue weighted by Crippen LogP contribution is -2.32. The average molecular weight is 314 g/mol. The van der Waals surface area contributed by atoms with E-state index in [9.17, 15) is 4.79 Å². The fraction of sp³-hybridized carbons (Fsp3) is 0.500. The maximum absolute atomic E-state index is 11.5. The lowest BCUT2D eigenvalue weighted by Gasteiger charge is -2.20. The van der Waals surface area contributed by atoms with Crippen molar-refractivity contribution in [3.8, 4) is 0 Å². The van der Waals surface area contributed by atoms with Gasteiger partial charge >= 0.3 is 6.09 Å². The molecule has 0 fully saturated rings. The van der Waals surface area contributed by atoms with Gasteiger partial charge in [-0.3, -0.25) is 0 Å². The summed E-state index contributed by atoms with van der Waals surface area (Å²) in [5, 5.41) is 2.76. The van der Waals surface area contributed by atoms with Crippen LogP contribution in [0.2, 0.25) is 0 Å². The van der Waals surface area contributed by atoms with Crippen molar-refractivity contribution in [2.24, 2.45) is 0 Å². The Morgan fingerprint density at radius 3 is 2.61 bits per heavy atom. The molecule has 0 heterocycles. The smallest absolute Gasteiger partial charge is 0.407 e. The van der Waals surface area contributed by atoms with Crippen LogP contribution in [0.4, 0.5) is 4.79 Å². The second kappa shape index (κ2) is 6.23. The number of halogens is 1. The molecule has 100 valence electrons. The minimum Gasteiger partial charge on any atom is -0.444 e. The van der Waals surface area contributed by atoms with Crippen LogP contribution < -0.4 is 5.32 Å². The molecule has 0 saturated heterocycles. The Balaban J connectivity index is 2.60. The molecule has 0 spiro atoms. The first-order chi connectivity index (χ1) is 8.31. The second-order valence-corrected chi connectivity index (χ2v) is 5.99. The molecule has 4 heteroatoms. The van der Waals surface area contributed by atoms with Crippen LogP contribution in [0.3, 0.4) is 0 Å². The van der Waals surface area contributed by atoms with Crippen LogP contribution >= 0.6 is 15.9 Å². The molecule has 0 saturated carbocycles. The number of rotatable bonds is 3. The molecule has 18 heavy (non-hydrogen) atoms. The van der Waals surface area contributed by atoms with Crippen LogP contribution in [0.15, 0.2) is 22.7 Å². The third-order valence-corrected chi connectivity index (χ3v) is 3.11. The molecule has 1 rings (SSSR count). The summed E-state index contributed by atoms with van der Waals surface area (Å²) < 4.78 is 6.19. The number of nitrogens with one attached hydrogen (secondary N) is 1. The van der Waals surface area contributed by atoms with Gasteiger partial charge in [0.15, 0.2) is 0 Å². The Hall–Kier alpha value is -1.03. The Kier molecular flexibility index (Phi) is 5.20. The standard InChI is InChI=1S/C14H20BrNO2/c1-5-10-6-7-12(15)11(8-10)9-16-13(17)18-14(2,3)4/h6-8H,5,9H2,1-4H3,(H,16,17). The molecular weight excluding hydrogens is 294 g/mol. The Labute approximate surface area is 117 Å². The monoisotopic (exact) mass is 313 g/mol. The van der Waals surface area contributed by atoms with Crippen LogP contribution in [-0.4, -0.2) is 11.7 Å². The number of carbonyl (C=O) groups excluding carboxylic acids is 1. The highest BCUT2D eigenvalue weighted by Crippen LogP contribution is 2.18. The number of carbonyl (C=O) groups is 1. The van der Waals surface area contributed by atoms with Crippen molar-refractivity contribution >= 4 is 22.0 Å². The van der Waals surface area contributed by atoms with Gasteiger partial charge in [0, 0.05) is 11.0 Å². The van der Waals surface area contributed by atoms with Gasteiger partial charge in [-0.05, 0) is 44.4 Å². The second-order valence-electron chi connectivity index (χ2n) is 5.13. The van der Waals surface area contributed by atoms with Crippen LogP contribution in [0, 0.1) is 0 Å². The van der Waals surface area contributed by atoms with E-state index in [4.69, 9.17) is 4.74 Å². The van der Waals surface area contributed by atoms with Crippen molar-refractivity contribution in [3.63, 3.8) is 0 Å². The zero-order chi connectivity index (χ0) is 13.8. The summed E-state index contributed by atoms with van der Waals surface area (Å²) in [6.07, 6.45) is 0.587. The van der Waals surface area contributed by atoms with Crippen LogP contribution in [0.1, 0.15) is 38.8 Å². The summed E-state index contributed by atoms with van der Waals surface area (Å²) in [4.78, 5) is 11.5. The van der Waals surface area contributed by atoms with E-state index in [1.165, 1.54) is 5.56 Å². The van der Waals surface area contributed by atoms with Gasteiger partial charge in [-0.15, -0.1) is 0 Å². The van der Waals surface area contributed by atoms with Crippen molar-refractivity contribution in [1.82, 2.24) is 5.32 Å². The summed E-state index contributed by atoms with van der Waals surface area (Å²) >= 11 is 3.48. The van der Waals surface area contributed by atoms with Gasteiger partial charge in [-0.1, -0.05) is 35.0 Å². The first-order valence-corrected chi connectivity index (χ1v) is 6.85. The van der Waals surface area contributed by atoms with Gasteiger partial charge in [0.05, 0.1) is 0 Å². The first-order valence-electron chi connectivity index (χ1n) is 6.06. The molecule has 0 unspecified atom stereocenters. The van der Waals surface area contributed by atoms with E-state index in [2.05, 4.69) is 40.3 Å². The Morgan fingerprint density at radius 1 is 1.39 bits per heavy atom. The number of hydrogen-bond donors (Lipinski definition) is 1. The van der Waals surface area contributed by atoms with Gasteiger partial charge in [-0.2, -0.15) is 0 Å². The van der Waals surface area contributed by atoms with Crippen LogP contribution in [0.5, 0.6) is 0 Å². The van der Waals surface area contributed by atoms with Crippen molar-refractivity contribution in [2.45, 2.75) is 46.3 Å². The summed E-state index contributed by atoms with van der Waals surface area (Å²) in [5.74, 6) is 0. The highest BCUT2D eigenvalue weighted by atomic mass is 79.9. The van der Waals surface area contributed by atoms with Gasteiger partial charge < -0.3 is 10.1 Å². The molecule has 0 aliphatic carbocycles. The predicted molar refractivity (Wildman–Crippen MR) is 76.6 cm³/mol. The van der Waals surface area contributed by atoms with E-state index >= 15 is 0 Å².